The lowest BCUT2D eigenvalue weighted by Gasteiger charge is -2.12. The Hall–Kier alpha value is -3.92. The third-order valence-corrected chi connectivity index (χ3v) is 6.03. The van der Waals surface area contributed by atoms with E-state index in [1.54, 1.807) is 21.3 Å². The van der Waals surface area contributed by atoms with Crippen LogP contribution in [-0.2, 0) is 25.7 Å². The topological polar surface area (TPSA) is 36.9 Å². The van der Waals surface area contributed by atoms with Gasteiger partial charge in [-0.15, -0.1) is 0 Å². The molecule has 0 fully saturated rings. The molecular formula is C31H32O4. The van der Waals surface area contributed by atoms with E-state index in [0.717, 1.165) is 54.4 Å². The van der Waals surface area contributed by atoms with Gasteiger partial charge in [-0.25, -0.2) is 0 Å². The first-order valence-electron chi connectivity index (χ1n) is 11.9. The summed E-state index contributed by atoms with van der Waals surface area (Å²) in [5.41, 5.74) is 4.96. The standard InChI is InChI=1S/C31H32O4/c1-32-27-15-11-23(12-16-27)7-9-25-5-4-6-29(19-25)35-31-21-26(20-30(22-31)34-3)10-8-24-13-17-28(33-2)18-14-24/h4-6,11-22H,7-10H2,1-3H3. The number of ether oxygens (including phenoxy) is 4. The second-order valence-corrected chi connectivity index (χ2v) is 8.46. The van der Waals surface area contributed by atoms with Crippen molar-refractivity contribution in [3.8, 4) is 28.7 Å². The Kier molecular flexibility index (Phi) is 8.29. The highest BCUT2D eigenvalue weighted by Gasteiger charge is 2.07. The molecule has 0 heterocycles. The number of hydrogen-bond donors (Lipinski definition) is 0. The molecule has 0 unspecified atom stereocenters. The summed E-state index contributed by atoms with van der Waals surface area (Å²) in [6, 6.07) is 30.8. The van der Waals surface area contributed by atoms with Crippen molar-refractivity contribution < 1.29 is 18.9 Å². The van der Waals surface area contributed by atoms with E-state index in [9.17, 15) is 0 Å². The Balaban J connectivity index is 1.41. The van der Waals surface area contributed by atoms with Gasteiger partial charge in [0.1, 0.15) is 28.7 Å². The monoisotopic (exact) mass is 468 g/mol. The van der Waals surface area contributed by atoms with Gasteiger partial charge in [0.2, 0.25) is 0 Å². The van der Waals surface area contributed by atoms with Crippen molar-refractivity contribution in [3.63, 3.8) is 0 Å². The lowest BCUT2D eigenvalue weighted by Crippen LogP contribution is -1.96. The quantitative estimate of drug-likeness (QED) is 0.236. The highest BCUT2D eigenvalue weighted by molar-refractivity contribution is 5.42. The van der Waals surface area contributed by atoms with Gasteiger partial charge in [0, 0.05) is 6.07 Å². The number of benzene rings is 4. The number of methoxy groups -OCH3 is 3. The molecule has 0 amide bonds. The Morgan fingerprint density at radius 2 is 0.886 bits per heavy atom. The number of aryl methyl sites for hydroxylation is 4. The third-order valence-electron chi connectivity index (χ3n) is 6.03. The molecule has 4 nitrogen and oxygen atoms in total. The molecule has 0 aliphatic rings. The Labute approximate surface area is 208 Å². The zero-order chi connectivity index (χ0) is 24.5. The summed E-state index contributed by atoms with van der Waals surface area (Å²) in [5, 5.41) is 0. The molecule has 35 heavy (non-hydrogen) atoms. The van der Waals surface area contributed by atoms with Crippen LogP contribution in [0.15, 0.2) is 91.0 Å². The molecule has 0 saturated carbocycles. The average Bonchev–Trinajstić information content (AvgIpc) is 2.91. The van der Waals surface area contributed by atoms with Crippen LogP contribution >= 0.6 is 0 Å². The summed E-state index contributed by atoms with van der Waals surface area (Å²) in [4.78, 5) is 0. The molecule has 0 radical (unpaired) electrons. The lowest BCUT2D eigenvalue weighted by molar-refractivity contribution is 0.408. The van der Waals surface area contributed by atoms with Crippen LogP contribution < -0.4 is 18.9 Å². The fourth-order valence-corrected chi connectivity index (χ4v) is 4.01. The summed E-state index contributed by atoms with van der Waals surface area (Å²) in [6.45, 7) is 0. The van der Waals surface area contributed by atoms with Gasteiger partial charge in [-0.1, -0.05) is 36.4 Å². The van der Waals surface area contributed by atoms with E-state index >= 15 is 0 Å². The van der Waals surface area contributed by atoms with Gasteiger partial charge >= 0.3 is 0 Å². The molecule has 0 atom stereocenters. The number of hydrogen-bond acceptors (Lipinski definition) is 4. The molecule has 0 N–H and O–H groups in total. The first-order chi connectivity index (χ1) is 17.1. The largest absolute Gasteiger partial charge is 0.497 e. The predicted molar refractivity (Wildman–Crippen MR) is 140 cm³/mol. The van der Waals surface area contributed by atoms with Crippen LogP contribution in [0.25, 0.3) is 0 Å². The van der Waals surface area contributed by atoms with Crippen molar-refractivity contribution in [1.29, 1.82) is 0 Å². The van der Waals surface area contributed by atoms with Crippen LogP contribution in [0.3, 0.4) is 0 Å². The zero-order valence-corrected chi connectivity index (χ0v) is 20.6. The van der Waals surface area contributed by atoms with E-state index in [1.165, 1.54) is 22.3 Å². The van der Waals surface area contributed by atoms with Crippen LogP contribution in [0.4, 0.5) is 0 Å². The van der Waals surface area contributed by atoms with Gasteiger partial charge in [0.05, 0.1) is 21.3 Å². The van der Waals surface area contributed by atoms with E-state index in [-0.39, 0.29) is 0 Å². The maximum absolute atomic E-state index is 6.25. The van der Waals surface area contributed by atoms with E-state index < -0.39 is 0 Å². The van der Waals surface area contributed by atoms with Gasteiger partial charge in [0.25, 0.3) is 0 Å². The number of rotatable bonds is 11. The minimum Gasteiger partial charge on any atom is -0.497 e. The first-order valence-corrected chi connectivity index (χ1v) is 11.9. The molecule has 4 aromatic rings. The highest BCUT2D eigenvalue weighted by atomic mass is 16.5. The van der Waals surface area contributed by atoms with Gasteiger partial charge in [-0.3, -0.25) is 0 Å². The van der Waals surface area contributed by atoms with Crippen LogP contribution in [0.1, 0.15) is 22.3 Å². The van der Waals surface area contributed by atoms with Gasteiger partial charge in [-0.2, -0.15) is 0 Å². The van der Waals surface area contributed by atoms with Crippen molar-refractivity contribution >= 4 is 0 Å². The Bertz CT molecular complexity index is 1210. The van der Waals surface area contributed by atoms with Gasteiger partial charge in [0.15, 0.2) is 0 Å². The fourth-order valence-electron chi connectivity index (χ4n) is 4.01. The summed E-state index contributed by atoms with van der Waals surface area (Å²) >= 11 is 0. The van der Waals surface area contributed by atoms with E-state index in [2.05, 4.69) is 48.5 Å². The summed E-state index contributed by atoms with van der Waals surface area (Å²) < 4.78 is 22.3. The molecule has 0 aliphatic heterocycles. The van der Waals surface area contributed by atoms with Gasteiger partial charge < -0.3 is 18.9 Å². The third kappa shape index (κ3) is 7.03. The molecule has 0 spiro atoms. The molecule has 0 aliphatic carbocycles. The van der Waals surface area contributed by atoms with Crippen molar-refractivity contribution in [3.05, 3.63) is 113 Å². The van der Waals surface area contributed by atoms with E-state index in [0.29, 0.717) is 0 Å². The maximum Gasteiger partial charge on any atom is 0.131 e. The summed E-state index contributed by atoms with van der Waals surface area (Å²) in [6.07, 6.45) is 3.72. The smallest absolute Gasteiger partial charge is 0.131 e. The molecule has 0 aromatic heterocycles. The van der Waals surface area contributed by atoms with Crippen LogP contribution in [0.5, 0.6) is 28.7 Å². The second kappa shape index (κ2) is 12.0. The predicted octanol–water partition coefficient (Wildman–Crippen LogP) is 7.08. The maximum atomic E-state index is 6.25. The zero-order valence-electron chi connectivity index (χ0n) is 20.6. The Morgan fingerprint density at radius 1 is 0.400 bits per heavy atom. The normalized spacial score (nSPS) is 10.6. The van der Waals surface area contributed by atoms with Crippen LogP contribution in [0, 0.1) is 0 Å². The molecular weight excluding hydrogens is 436 g/mol. The summed E-state index contributed by atoms with van der Waals surface area (Å²) in [7, 11) is 5.06. The van der Waals surface area contributed by atoms with E-state index in [1.807, 2.05) is 42.5 Å². The molecule has 0 bridgehead atoms. The molecule has 0 saturated heterocycles. The summed E-state index contributed by atoms with van der Waals surface area (Å²) in [5.74, 6) is 4.15. The van der Waals surface area contributed by atoms with Crippen molar-refractivity contribution in [2.45, 2.75) is 25.7 Å². The Morgan fingerprint density at radius 3 is 1.46 bits per heavy atom. The van der Waals surface area contributed by atoms with Crippen molar-refractivity contribution in [2.75, 3.05) is 21.3 Å². The SMILES string of the molecule is COc1ccc(CCc2cccc(Oc3cc(CCc4ccc(OC)cc4)cc(OC)c3)c2)cc1. The highest BCUT2D eigenvalue weighted by Crippen LogP contribution is 2.29. The van der Waals surface area contributed by atoms with E-state index in [4.69, 9.17) is 18.9 Å². The minimum atomic E-state index is 0.779. The molecule has 180 valence electrons. The van der Waals surface area contributed by atoms with Gasteiger partial charge in [-0.05, 0) is 96.5 Å². The first kappa shape index (κ1) is 24.2. The fraction of sp³-hybridized carbons (Fsp3) is 0.226. The molecule has 4 heteroatoms. The van der Waals surface area contributed by atoms with Crippen molar-refractivity contribution in [2.24, 2.45) is 0 Å². The minimum absolute atomic E-state index is 0.779. The average molecular weight is 469 g/mol. The second-order valence-electron chi connectivity index (χ2n) is 8.46. The molecule has 4 rings (SSSR count). The van der Waals surface area contributed by atoms with Crippen LogP contribution in [-0.4, -0.2) is 21.3 Å². The molecule has 4 aromatic carbocycles. The van der Waals surface area contributed by atoms with Crippen molar-refractivity contribution in [1.82, 2.24) is 0 Å². The lowest BCUT2D eigenvalue weighted by atomic mass is 10.0. The van der Waals surface area contributed by atoms with Crippen LogP contribution in [0.2, 0.25) is 0 Å².